The first kappa shape index (κ1) is 11.4. The monoisotopic (exact) mass is 229 g/mol. The van der Waals surface area contributed by atoms with Crippen molar-refractivity contribution in [3.63, 3.8) is 0 Å². The van der Waals surface area contributed by atoms with E-state index in [0.717, 1.165) is 12.8 Å². The fourth-order valence-electron chi connectivity index (χ4n) is 1.41. The fraction of sp³-hybridized carbons (Fsp3) is 1.00. The third kappa shape index (κ3) is 3.94. The zero-order valence-corrected chi connectivity index (χ0v) is 9.00. The zero-order valence-electron chi connectivity index (χ0n) is 7.35. The van der Waals surface area contributed by atoms with Crippen molar-refractivity contribution < 1.29 is 18.8 Å². The molecule has 7 heteroatoms. The number of rotatable bonds is 4. The van der Waals surface area contributed by atoms with Crippen molar-refractivity contribution in [2.24, 2.45) is 0 Å². The Balaban J connectivity index is 2.44. The van der Waals surface area contributed by atoms with E-state index in [2.05, 4.69) is 0 Å². The fourth-order valence-corrected chi connectivity index (χ4v) is 2.12. The Hall–Kier alpha value is 0.360. The lowest BCUT2D eigenvalue weighted by Gasteiger charge is -2.22. The van der Waals surface area contributed by atoms with Crippen molar-refractivity contribution in [1.82, 2.24) is 5.06 Å². The van der Waals surface area contributed by atoms with Gasteiger partial charge in [-0.25, -0.2) is 9.19 Å². The summed E-state index contributed by atoms with van der Waals surface area (Å²) >= 11 is 5.09. The van der Waals surface area contributed by atoms with Gasteiger partial charge >= 0.3 is 6.95 Å². The molecule has 1 unspecified atom stereocenters. The first-order valence-corrected chi connectivity index (χ1v) is 6.49. The summed E-state index contributed by atoms with van der Waals surface area (Å²) in [5.74, 6) is 0. The second kappa shape index (κ2) is 4.73. The van der Waals surface area contributed by atoms with Crippen LogP contribution in [-0.2, 0) is 13.9 Å². The number of hydrogen-bond donors (Lipinski definition) is 1. The highest BCUT2D eigenvalue weighted by Gasteiger charge is 2.30. The molecule has 0 aromatic heterocycles. The topological polar surface area (TPSA) is 59.0 Å². The third-order valence-electron chi connectivity index (χ3n) is 1.89. The van der Waals surface area contributed by atoms with Crippen LogP contribution in [0.1, 0.15) is 12.8 Å². The van der Waals surface area contributed by atoms with Gasteiger partial charge in [-0.15, -0.1) is 0 Å². The summed E-state index contributed by atoms with van der Waals surface area (Å²) in [4.78, 5) is 8.78. The Kier molecular flexibility index (Phi) is 4.16. The molecule has 0 aromatic carbocycles. The van der Waals surface area contributed by atoms with Gasteiger partial charge in [0.15, 0.2) is 0 Å². The molecule has 78 valence electrons. The molecule has 0 radical (unpaired) electrons. The lowest BCUT2D eigenvalue weighted by atomic mass is 10.2. The van der Waals surface area contributed by atoms with Crippen LogP contribution in [0.3, 0.4) is 0 Å². The summed E-state index contributed by atoms with van der Waals surface area (Å²) < 4.78 is 20.4. The van der Waals surface area contributed by atoms with E-state index < -0.39 is 6.95 Å². The summed E-state index contributed by atoms with van der Waals surface area (Å²) in [7, 11) is 1.58. The van der Waals surface area contributed by atoms with Crippen LogP contribution in [0.5, 0.6) is 0 Å². The average Bonchev–Trinajstić information content (AvgIpc) is 2.34. The molecule has 0 saturated carbocycles. The summed E-state index contributed by atoms with van der Waals surface area (Å²) in [6, 6.07) is 0.0317. The predicted octanol–water partition coefficient (Wildman–Crippen LogP) is 1.37. The maximum Gasteiger partial charge on any atom is 0.438 e. The molecule has 0 bridgehead atoms. The van der Waals surface area contributed by atoms with Gasteiger partial charge in [-0.3, -0.25) is 0 Å². The average molecular weight is 230 g/mol. The van der Waals surface area contributed by atoms with Gasteiger partial charge < -0.3 is 9.63 Å². The summed E-state index contributed by atoms with van der Waals surface area (Å²) in [5, 5.41) is 1.43. The van der Waals surface area contributed by atoms with Crippen molar-refractivity contribution in [1.29, 1.82) is 0 Å². The maximum absolute atomic E-state index is 10.7. The molecule has 1 saturated heterocycles. The van der Waals surface area contributed by atoms with Crippen LogP contribution in [-0.4, -0.2) is 36.3 Å². The minimum absolute atomic E-state index is 0.0317. The Morgan fingerprint density at radius 3 is 3.00 bits per heavy atom. The van der Waals surface area contributed by atoms with Crippen LogP contribution in [0.4, 0.5) is 0 Å². The van der Waals surface area contributed by atoms with E-state index in [1.807, 2.05) is 0 Å². The molecule has 2 atom stereocenters. The van der Waals surface area contributed by atoms with E-state index in [0.29, 0.717) is 13.2 Å². The Morgan fingerprint density at radius 2 is 2.46 bits per heavy atom. The van der Waals surface area contributed by atoms with Crippen LogP contribution in [0.15, 0.2) is 0 Å². The molecule has 1 rings (SSSR count). The quantitative estimate of drug-likeness (QED) is 0.738. The first-order valence-electron chi connectivity index (χ1n) is 4.00. The van der Waals surface area contributed by atoms with Gasteiger partial charge in [0.25, 0.3) is 0 Å². The number of hydrogen-bond acceptors (Lipinski definition) is 4. The predicted molar refractivity (Wildman–Crippen MR) is 48.4 cm³/mol. The Morgan fingerprint density at radius 1 is 1.77 bits per heavy atom. The molecule has 5 nitrogen and oxygen atoms in total. The first-order chi connectivity index (χ1) is 6.03. The van der Waals surface area contributed by atoms with Crippen LogP contribution in [0.25, 0.3) is 0 Å². The van der Waals surface area contributed by atoms with E-state index >= 15 is 0 Å². The zero-order chi connectivity index (χ0) is 9.90. The minimum Gasteiger partial charge on any atom is -0.383 e. The Labute approximate surface area is 81.9 Å². The van der Waals surface area contributed by atoms with Crippen molar-refractivity contribution >= 4 is 18.2 Å². The van der Waals surface area contributed by atoms with E-state index in [1.165, 1.54) is 5.06 Å². The van der Waals surface area contributed by atoms with E-state index in [4.69, 9.17) is 25.5 Å². The van der Waals surface area contributed by atoms with Gasteiger partial charge in [0.1, 0.15) is 0 Å². The molecular formula is C6H13ClNO4P. The number of ether oxygens (including phenoxy) is 1. The highest BCUT2D eigenvalue weighted by atomic mass is 35.7. The Bertz CT molecular complexity index is 209. The standard InChI is InChI=1S/C6H13ClNO4P/c1-11-5-6-3-2-4-8(6)12-13(7,9)10/h6H,2-5H2,1H3,(H,9,10)/t6-/m0/s1. The molecule has 1 heterocycles. The van der Waals surface area contributed by atoms with Crippen molar-refractivity contribution in [3.05, 3.63) is 0 Å². The minimum atomic E-state index is -3.93. The lowest BCUT2D eigenvalue weighted by molar-refractivity contribution is -0.0904. The van der Waals surface area contributed by atoms with Gasteiger partial charge in [0.2, 0.25) is 0 Å². The van der Waals surface area contributed by atoms with Crippen molar-refractivity contribution in [3.8, 4) is 0 Å². The molecule has 0 aromatic rings. The highest BCUT2D eigenvalue weighted by Crippen LogP contribution is 2.49. The molecule has 13 heavy (non-hydrogen) atoms. The second-order valence-corrected chi connectivity index (χ2v) is 5.27. The molecule has 1 aliphatic rings. The van der Waals surface area contributed by atoms with Gasteiger partial charge in [-0.2, -0.15) is 5.06 Å². The van der Waals surface area contributed by atoms with Gasteiger partial charge in [0, 0.05) is 24.9 Å². The third-order valence-corrected chi connectivity index (χ3v) is 2.48. The van der Waals surface area contributed by atoms with Crippen LogP contribution in [0.2, 0.25) is 0 Å². The van der Waals surface area contributed by atoms with E-state index in [9.17, 15) is 4.57 Å². The molecule has 1 aliphatic heterocycles. The molecule has 1 N–H and O–H groups in total. The number of nitrogens with zero attached hydrogens (tertiary/aromatic N) is 1. The van der Waals surface area contributed by atoms with Crippen LogP contribution >= 0.6 is 18.2 Å². The number of hydroxylamine groups is 2. The number of methoxy groups -OCH3 is 1. The van der Waals surface area contributed by atoms with E-state index in [-0.39, 0.29) is 6.04 Å². The largest absolute Gasteiger partial charge is 0.438 e. The van der Waals surface area contributed by atoms with Crippen LogP contribution < -0.4 is 0 Å². The molecular weight excluding hydrogens is 216 g/mol. The normalized spacial score (nSPS) is 29.0. The highest BCUT2D eigenvalue weighted by molar-refractivity contribution is 7.80. The van der Waals surface area contributed by atoms with Crippen molar-refractivity contribution in [2.45, 2.75) is 18.9 Å². The molecule has 0 spiro atoms. The number of halogens is 1. The summed E-state index contributed by atoms with van der Waals surface area (Å²) in [6.45, 7) is -2.83. The smallest absolute Gasteiger partial charge is 0.383 e. The maximum atomic E-state index is 10.7. The molecule has 0 aliphatic carbocycles. The lowest BCUT2D eigenvalue weighted by Crippen LogP contribution is -2.31. The summed E-state index contributed by atoms with van der Waals surface area (Å²) in [6.07, 6.45) is 1.82. The van der Waals surface area contributed by atoms with Crippen LogP contribution in [0, 0.1) is 0 Å². The van der Waals surface area contributed by atoms with Crippen molar-refractivity contribution in [2.75, 3.05) is 20.3 Å². The van der Waals surface area contributed by atoms with Gasteiger partial charge in [-0.05, 0) is 12.8 Å². The second-order valence-electron chi connectivity index (χ2n) is 2.93. The molecule has 1 fully saturated rings. The van der Waals surface area contributed by atoms with Gasteiger partial charge in [-0.1, -0.05) is 0 Å². The molecule has 0 amide bonds. The van der Waals surface area contributed by atoms with E-state index in [1.54, 1.807) is 7.11 Å². The SMILES string of the molecule is COC[C@@H]1CCCN1OP(=O)(O)Cl. The van der Waals surface area contributed by atoms with Gasteiger partial charge in [0.05, 0.1) is 12.6 Å². The summed E-state index contributed by atoms with van der Waals surface area (Å²) in [5.41, 5.74) is 0.